The monoisotopic (exact) mass is 244 g/mol. The molecule has 0 heterocycles. The zero-order chi connectivity index (χ0) is 13.6. The average molecular weight is 244 g/mol. The Morgan fingerprint density at radius 3 is 2.24 bits per heavy atom. The van der Waals surface area contributed by atoms with Gasteiger partial charge in [-0.05, 0) is 11.8 Å². The molecule has 0 aliphatic rings. The second-order valence-electron chi connectivity index (χ2n) is 5.36. The average Bonchev–Trinajstić information content (AvgIpc) is 2.19. The van der Waals surface area contributed by atoms with Gasteiger partial charge in [0.2, 0.25) is 0 Å². The fraction of sp³-hybridized carbons (Fsp3) is 0.833. The number of carbonyl (C=O) groups excluding carboxylic acids is 1. The minimum Gasteiger partial charge on any atom is -0.480 e. The molecule has 0 aromatic carbocycles. The molecule has 0 aromatic heterocycles. The van der Waals surface area contributed by atoms with Crippen LogP contribution in [0.4, 0.5) is 4.79 Å². The molecule has 0 radical (unpaired) electrons. The number of carboxylic acid groups (broad SMARTS) is 1. The van der Waals surface area contributed by atoms with Gasteiger partial charge in [0.05, 0.1) is 0 Å². The predicted octanol–water partition coefficient (Wildman–Crippen LogP) is 1.93. The van der Waals surface area contributed by atoms with Crippen LogP contribution in [-0.4, -0.2) is 41.6 Å². The molecule has 0 spiro atoms. The van der Waals surface area contributed by atoms with Crippen molar-refractivity contribution in [3.63, 3.8) is 0 Å². The van der Waals surface area contributed by atoms with Crippen LogP contribution in [0, 0.1) is 5.41 Å². The molecular formula is C12H24N2O3. The fourth-order valence-electron chi connectivity index (χ4n) is 1.38. The zero-order valence-corrected chi connectivity index (χ0v) is 11.4. The molecule has 1 atom stereocenters. The highest BCUT2D eigenvalue weighted by atomic mass is 16.4. The summed E-state index contributed by atoms with van der Waals surface area (Å²) < 4.78 is 0. The van der Waals surface area contributed by atoms with E-state index in [4.69, 9.17) is 5.11 Å². The summed E-state index contributed by atoms with van der Waals surface area (Å²) in [5, 5.41) is 11.6. The Labute approximate surface area is 103 Å². The number of aliphatic carboxylic acids is 1. The summed E-state index contributed by atoms with van der Waals surface area (Å²) in [5.74, 6) is -1.00. The molecule has 0 bridgehead atoms. The van der Waals surface area contributed by atoms with Crippen LogP contribution in [0.25, 0.3) is 0 Å². The SMILES string of the molecule is CCCCN(C)C(=O)N[C@@H](C(=O)O)C(C)(C)C. The van der Waals surface area contributed by atoms with Gasteiger partial charge in [0.1, 0.15) is 6.04 Å². The van der Waals surface area contributed by atoms with Crippen LogP contribution < -0.4 is 5.32 Å². The van der Waals surface area contributed by atoms with Gasteiger partial charge in [-0.15, -0.1) is 0 Å². The van der Waals surface area contributed by atoms with E-state index in [9.17, 15) is 9.59 Å². The summed E-state index contributed by atoms with van der Waals surface area (Å²) in [4.78, 5) is 24.4. The number of nitrogens with one attached hydrogen (secondary N) is 1. The van der Waals surface area contributed by atoms with Crippen molar-refractivity contribution in [1.29, 1.82) is 0 Å². The Hall–Kier alpha value is -1.26. The van der Waals surface area contributed by atoms with Gasteiger partial charge in [-0.2, -0.15) is 0 Å². The van der Waals surface area contributed by atoms with Gasteiger partial charge in [-0.3, -0.25) is 0 Å². The molecular weight excluding hydrogens is 220 g/mol. The summed E-state index contributed by atoms with van der Waals surface area (Å²) in [6.07, 6.45) is 1.91. The molecule has 2 amide bonds. The number of carboxylic acids is 1. The summed E-state index contributed by atoms with van der Waals surface area (Å²) in [7, 11) is 1.67. The number of carbonyl (C=O) groups is 2. The largest absolute Gasteiger partial charge is 0.480 e. The van der Waals surface area contributed by atoms with E-state index >= 15 is 0 Å². The molecule has 17 heavy (non-hydrogen) atoms. The summed E-state index contributed by atoms with van der Waals surface area (Å²) in [5.41, 5.74) is -0.507. The first-order chi connectivity index (χ1) is 7.70. The highest BCUT2D eigenvalue weighted by molar-refractivity contribution is 5.83. The lowest BCUT2D eigenvalue weighted by Gasteiger charge is -2.29. The van der Waals surface area contributed by atoms with Crippen LogP contribution >= 0.6 is 0 Å². The van der Waals surface area contributed by atoms with E-state index in [2.05, 4.69) is 5.32 Å². The number of nitrogens with zero attached hydrogens (tertiary/aromatic N) is 1. The van der Waals surface area contributed by atoms with Gasteiger partial charge >= 0.3 is 12.0 Å². The van der Waals surface area contributed by atoms with Crippen molar-refractivity contribution in [3.05, 3.63) is 0 Å². The standard InChI is InChI=1S/C12H24N2O3/c1-6-7-8-14(5)11(17)13-9(10(15)16)12(2,3)4/h9H,6-8H2,1-5H3,(H,13,17)(H,15,16)/t9-/m0/s1. The maximum absolute atomic E-state index is 11.8. The molecule has 0 rings (SSSR count). The van der Waals surface area contributed by atoms with Crippen molar-refractivity contribution in [3.8, 4) is 0 Å². The first-order valence-electron chi connectivity index (χ1n) is 5.94. The van der Waals surface area contributed by atoms with Crippen molar-refractivity contribution in [2.75, 3.05) is 13.6 Å². The molecule has 0 aliphatic carbocycles. The van der Waals surface area contributed by atoms with E-state index in [1.807, 2.05) is 6.92 Å². The van der Waals surface area contributed by atoms with Crippen molar-refractivity contribution in [2.45, 2.75) is 46.6 Å². The number of hydrogen-bond donors (Lipinski definition) is 2. The maximum atomic E-state index is 11.8. The van der Waals surface area contributed by atoms with Crippen LogP contribution in [0.2, 0.25) is 0 Å². The Morgan fingerprint density at radius 1 is 1.35 bits per heavy atom. The van der Waals surface area contributed by atoms with Crippen LogP contribution in [-0.2, 0) is 4.79 Å². The first-order valence-corrected chi connectivity index (χ1v) is 5.94. The highest BCUT2D eigenvalue weighted by Crippen LogP contribution is 2.19. The zero-order valence-electron chi connectivity index (χ0n) is 11.4. The normalized spacial score (nSPS) is 13.0. The van der Waals surface area contributed by atoms with Crippen LogP contribution in [0.3, 0.4) is 0 Å². The predicted molar refractivity (Wildman–Crippen MR) is 66.9 cm³/mol. The molecule has 0 aliphatic heterocycles. The van der Waals surface area contributed by atoms with Crippen molar-refractivity contribution < 1.29 is 14.7 Å². The number of amides is 2. The molecule has 0 saturated carbocycles. The lowest BCUT2D eigenvalue weighted by molar-refractivity contribution is -0.142. The molecule has 5 heteroatoms. The van der Waals surface area contributed by atoms with Gasteiger partial charge < -0.3 is 15.3 Å². The lowest BCUT2D eigenvalue weighted by atomic mass is 9.87. The van der Waals surface area contributed by atoms with Crippen molar-refractivity contribution >= 4 is 12.0 Å². The van der Waals surface area contributed by atoms with E-state index in [0.717, 1.165) is 12.8 Å². The third kappa shape index (κ3) is 5.56. The van der Waals surface area contributed by atoms with E-state index in [1.54, 1.807) is 27.8 Å². The molecule has 0 unspecified atom stereocenters. The summed E-state index contributed by atoms with van der Waals surface area (Å²) >= 11 is 0. The van der Waals surface area contributed by atoms with Gasteiger partial charge in [0.25, 0.3) is 0 Å². The second-order valence-corrected chi connectivity index (χ2v) is 5.36. The Bertz CT molecular complexity index is 271. The summed E-state index contributed by atoms with van der Waals surface area (Å²) in [6, 6.07) is -1.21. The number of rotatable bonds is 5. The van der Waals surface area contributed by atoms with E-state index < -0.39 is 17.4 Å². The molecule has 2 N–H and O–H groups in total. The number of hydrogen-bond acceptors (Lipinski definition) is 2. The third-order valence-corrected chi connectivity index (χ3v) is 2.57. The maximum Gasteiger partial charge on any atom is 0.326 e. The molecule has 0 aromatic rings. The van der Waals surface area contributed by atoms with E-state index in [0.29, 0.717) is 6.54 Å². The van der Waals surface area contributed by atoms with Crippen LogP contribution in [0.1, 0.15) is 40.5 Å². The van der Waals surface area contributed by atoms with Crippen LogP contribution in [0.15, 0.2) is 0 Å². The van der Waals surface area contributed by atoms with Crippen molar-refractivity contribution in [2.24, 2.45) is 5.41 Å². The molecule has 0 saturated heterocycles. The van der Waals surface area contributed by atoms with E-state index in [1.165, 1.54) is 4.90 Å². The molecule has 0 fully saturated rings. The van der Waals surface area contributed by atoms with Gasteiger partial charge in [0, 0.05) is 13.6 Å². The van der Waals surface area contributed by atoms with E-state index in [-0.39, 0.29) is 6.03 Å². The minimum atomic E-state index is -1.00. The second kappa shape index (κ2) is 6.47. The smallest absolute Gasteiger partial charge is 0.326 e. The number of unbranched alkanes of at least 4 members (excludes halogenated alkanes) is 1. The first kappa shape index (κ1) is 15.7. The fourth-order valence-corrected chi connectivity index (χ4v) is 1.38. The van der Waals surface area contributed by atoms with Gasteiger partial charge in [-0.1, -0.05) is 34.1 Å². The van der Waals surface area contributed by atoms with Crippen LogP contribution in [0.5, 0.6) is 0 Å². The Kier molecular flexibility index (Phi) is 5.99. The number of urea groups is 1. The Balaban J connectivity index is 4.47. The quantitative estimate of drug-likeness (QED) is 0.776. The molecule has 100 valence electrons. The van der Waals surface area contributed by atoms with Gasteiger partial charge in [0.15, 0.2) is 0 Å². The van der Waals surface area contributed by atoms with Crippen molar-refractivity contribution in [1.82, 2.24) is 10.2 Å². The topological polar surface area (TPSA) is 69.6 Å². The van der Waals surface area contributed by atoms with Gasteiger partial charge in [-0.25, -0.2) is 9.59 Å². The summed E-state index contributed by atoms with van der Waals surface area (Å²) in [6.45, 7) is 8.05. The molecule has 5 nitrogen and oxygen atoms in total. The third-order valence-electron chi connectivity index (χ3n) is 2.57. The minimum absolute atomic E-state index is 0.333. The lowest BCUT2D eigenvalue weighted by Crippen LogP contribution is -2.52. The Morgan fingerprint density at radius 2 is 1.88 bits per heavy atom. The highest BCUT2D eigenvalue weighted by Gasteiger charge is 2.33.